The minimum Gasteiger partial charge on any atom is -0.315 e. The Hall–Kier alpha value is 0.310. The number of thioether (sulfide) groups is 1. The van der Waals surface area contributed by atoms with E-state index in [1.807, 2.05) is 0 Å². The van der Waals surface area contributed by atoms with E-state index in [-0.39, 0.29) is 0 Å². The Labute approximate surface area is 93.4 Å². The van der Waals surface area contributed by atoms with Crippen LogP contribution in [0.3, 0.4) is 0 Å². The van der Waals surface area contributed by atoms with Crippen LogP contribution in [0.5, 0.6) is 0 Å². The molecule has 1 nitrogen and oxygen atoms in total. The molecule has 0 aromatic carbocycles. The monoisotopic (exact) mass is 215 g/mol. The summed E-state index contributed by atoms with van der Waals surface area (Å²) in [5, 5.41) is 3.65. The molecule has 14 heavy (non-hydrogen) atoms. The maximum Gasteiger partial charge on any atom is 0.0281 e. The number of rotatable bonds is 6. The Balaban J connectivity index is 2.21. The lowest BCUT2D eigenvalue weighted by Crippen LogP contribution is -2.36. The molecule has 0 saturated heterocycles. The Morgan fingerprint density at radius 1 is 1.36 bits per heavy atom. The first-order valence-corrected chi connectivity index (χ1v) is 7.21. The average Bonchev–Trinajstić information content (AvgIpc) is 2.67. The van der Waals surface area contributed by atoms with Crippen molar-refractivity contribution in [1.29, 1.82) is 0 Å². The lowest BCUT2D eigenvalue weighted by Gasteiger charge is -2.27. The van der Waals surface area contributed by atoms with Crippen LogP contribution in [0.4, 0.5) is 0 Å². The van der Waals surface area contributed by atoms with Gasteiger partial charge in [-0.2, -0.15) is 11.8 Å². The number of nitrogens with one attached hydrogen (secondary N) is 1. The summed E-state index contributed by atoms with van der Waals surface area (Å²) >= 11 is 2.08. The van der Waals surface area contributed by atoms with Gasteiger partial charge in [0.05, 0.1) is 0 Å². The van der Waals surface area contributed by atoms with E-state index in [4.69, 9.17) is 0 Å². The lowest BCUT2D eigenvalue weighted by molar-refractivity contribution is 0.462. The maximum atomic E-state index is 3.65. The van der Waals surface area contributed by atoms with Gasteiger partial charge in [-0.15, -0.1) is 0 Å². The molecular formula is C12H25NS. The van der Waals surface area contributed by atoms with Gasteiger partial charge in [-0.25, -0.2) is 0 Å². The van der Waals surface area contributed by atoms with Crippen LogP contribution in [0.25, 0.3) is 0 Å². The van der Waals surface area contributed by atoms with Crippen LogP contribution >= 0.6 is 11.8 Å². The summed E-state index contributed by atoms with van der Waals surface area (Å²) in [4.78, 5) is 0. The highest BCUT2D eigenvalue weighted by molar-refractivity contribution is 8.00. The second kappa shape index (κ2) is 6.02. The van der Waals surface area contributed by atoms with Gasteiger partial charge in [-0.1, -0.05) is 33.1 Å². The molecule has 1 saturated carbocycles. The molecule has 0 bridgehead atoms. The first kappa shape index (κ1) is 12.4. The highest BCUT2D eigenvalue weighted by Crippen LogP contribution is 2.39. The fraction of sp³-hybridized carbons (Fsp3) is 1.00. The van der Waals surface area contributed by atoms with Crippen LogP contribution in [-0.2, 0) is 0 Å². The third kappa shape index (κ3) is 3.47. The van der Waals surface area contributed by atoms with E-state index in [1.54, 1.807) is 0 Å². The molecule has 0 heterocycles. The van der Waals surface area contributed by atoms with Crippen LogP contribution in [0, 0.1) is 5.92 Å². The fourth-order valence-corrected chi connectivity index (χ4v) is 3.11. The minimum absolute atomic E-state index is 0.577. The van der Waals surface area contributed by atoms with Crippen LogP contribution in [0.15, 0.2) is 0 Å². The van der Waals surface area contributed by atoms with E-state index < -0.39 is 0 Å². The molecule has 0 spiro atoms. The SMILES string of the molecule is CCC(C)CNCC1(SC)CCCC1. The van der Waals surface area contributed by atoms with E-state index in [2.05, 4.69) is 37.2 Å². The molecule has 1 fully saturated rings. The van der Waals surface area contributed by atoms with Crippen LogP contribution in [0.2, 0.25) is 0 Å². The highest BCUT2D eigenvalue weighted by atomic mass is 32.2. The average molecular weight is 215 g/mol. The van der Waals surface area contributed by atoms with Crippen LogP contribution in [-0.4, -0.2) is 24.1 Å². The minimum atomic E-state index is 0.577. The van der Waals surface area contributed by atoms with Gasteiger partial charge in [0.25, 0.3) is 0 Å². The van der Waals surface area contributed by atoms with Crippen molar-refractivity contribution in [2.24, 2.45) is 5.92 Å². The molecule has 1 N–H and O–H groups in total. The fourth-order valence-electron chi connectivity index (χ4n) is 2.16. The molecule has 84 valence electrons. The Bertz CT molecular complexity index is 152. The molecule has 1 unspecified atom stereocenters. The zero-order valence-corrected chi connectivity index (χ0v) is 10.8. The molecule has 0 aromatic rings. The smallest absolute Gasteiger partial charge is 0.0281 e. The van der Waals surface area contributed by atoms with Gasteiger partial charge in [0.2, 0.25) is 0 Å². The van der Waals surface area contributed by atoms with Gasteiger partial charge in [0.1, 0.15) is 0 Å². The van der Waals surface area contributed by atoms with Crippen molar-refractivity contribution < 1.29 is 0 Å². The van der Waals surface area contributed by atoms with Crippen molar-refractivity contribution in [3.05, 3.63) is 0 Å². The van der Waals surface area contributed by atoms with Gasteiger partial charge in [-0.3, -0.25) is 0 Å². The quantitative estimate of drug-likeness (QED) is 0.729. The summed E-state index contributed by atoms with van der Waals surface area (Å²) in [6.45, 7) is 7.01. The summed E-state index contributed by atoms with van der Waals surface area (Å²) in [6, 6.07) is 0. The van der Waals surface area contributed by atoms with Gasteiger partial charge in [-0.05, 0) is 31.6 Å². The molecule has 0 aliphatic heterocycles. The van der Waals surface area contributed by atoms with Crippen molar-refractivity contribution in [2.45, 2.75) is 50.7 Å². The molecular weight excluding hydrogens is 190 g/mol. The Morgan fingerprint density at radius 2 is 2.00 bits per heavy atom. The largest absolute Gasteiger partial charge is 0.315 e. The van der Waals surface area contributed by atoms with Crippen molar-refractivity contribution >= 4 is 11.8 Å². The molecule has 0 radical (unpaired) electrons. The van der Waals surface area contributed by atoms with E-state index in [0.29, 0.717) is 4.75 Å². The van der Waals surface area contributed by atoms with Crippen molar-refractivity contribution in [3.8, 4) is 0 Å². The Morgan fingerprint density at radius 3 is 2.50 bits per heavy atom. The molecule has 0 amide bonds. The van der Waals surface area contributed by atoms with Crippen LogP contribution in [0.1, 0.15) is 46.0 Å². The van der Waals surface area contributed by atoms with Crippen molar-refractivity contribution in [2.75, 3.05) is 19.3 Å². The highest BCUT2D eigenvalue weighted by Gasteiger charge is 2.32. The summed E-state index contributed by atoms with van der Waals surface area (Å²) < 4.78 is 0.577. The summed E-state index contributed by atoms with van der Waals surface area (Å²) in [6.07, 6.45) is 9.27. The van der Waals surface area contributed by atoms with Gasteiger partial charge < -0.3 is 5.32 Å². The summed E-state index contributed by atoms with van der Waals surface area (Å²) in [7, 11) is 0. The van der Waals surface area contributed by atoms with E-state index in [1.165, 1.54) is 45.2 Å². The molecule has 0 aromatic heterocycles. The van der Waals surface area contributed by atoms with Gasteiger partial charge >= 0.3 is 0 Å². The van der Waals surface area contributed by atoms with Crippen molar-refractivity contribution in [3.63, 3.8) is 0 Å². The molecule has 1 rings (SSSR count). The second-order valence-corrected chi connectivity index (χ2v) is 6.01. The third-order valence-corrected chi connectivity index (χ3v) is 5.00. The van der Waals surface area contributed by atoms with Gasteiger partial charge in [0, 0.05) is 11.3 Å². The predicted octanol–water partition coefficient (Wildman–Crippen LogP) is 3.30. The van der Waals surface area contributed by atoms with E-state index in [0.717, 1.165) is 5.92 Å². The normalized spacial score (nSPS) is 22.5. The van der Waals surface area contributed by atoms with Crippen LogP contribution < -0.4 is 5.32 Å². The first-order chi connectivity index (χ1) is 6.72. The Kier molecular flexibility index (Phi) is 5.32. The zero-order chi connectivity index (χ0) is 10.4. The predicted molar refractivity (Wildman–Crippen MR) is 67.0 cm³/mol. The summed E-state index contributed by atoms with van der Waals surface area (Å²) in [5.74, 6) is 0.829. The lowest BCUT2D eigenvalue weighted by atomic mass is 10.1. The topological polar surface area (TPSA) is 12.0 Å². The van der Waals surface area contributed by atoms with Crippen molar-refractivity contribution in [1.82, 2.24) is 5.32 Å². The van der Waals surface area contributed by atoms with E-state index >= 15 is 0 Å². The molecule has 2 heteroatoms. The first-order valence-electron chi connectivity index (χ1n) is 5.98. The number of hydrogen-bond donors (Lipinski definition) is 1. The maximum absolute atomic E-state index is 3.65. The zero-order valence-electron chi connectivity index (χ0n) is 9.94. The molecule has 1 atom stereocenters. The molecule has 1 aliphatic carbocycles. The molecule has 1 aliphatic rings. The number of hydrogen-bond acceptors (Lipinski definition) is 2. The third-order valence-electron chi connectivity index (χ3n) is 3.58. The van der Waals surface area contributed by atoms with E-state index in [9.17, 15) is 0 Å². The van der Waals surface area contributed by atoms with Gasteiger partial charge in [0.15, 0.2) is 0 Å². The standard InChI is InChI=1S/C12H25NS/c1-4-11(2)9-13-10-12(14-3)7-5-6-8-12/h11,13H,4-10H2,1-3H3. The second-order valence-electron chi connectivity index (χ2n) is 4.74. The summed E-state index contributed by atoms with van der Waals surface area (Å²) in [5.41, 5.74) is 0.